The van der Waals surface area contributed by atoms with Crippen LogP contribution in [-0.4, -0.2) is 42.4 Å². The largest absolute Gasteiger partial charge is 0.375 e. The topological polar surface area (TPSA) is 55.6 Å². The van der Waals surface area contributed by atoms with Crippen LogP contribution in [0.3, 0.4) is 0 Å². The van der Waals surface area contributed by atoms with Crippen molar-refractivity contribution in [2.24, 2.45) is 5.14 Å². The molecular formula is C15H34N2O2S. The van der Waals surface area contributed by atoms with Gasteiger partial charge in [0.25, 0.3) is 0 Å². The molecule has 20 heavy (non-hydrogen) atoms. The van der Waals surface area contributed by atoms with Gasteiger partial charge in [0.2, 0.25) is 5.91 Å². The van der Waals surface area contributed by atoms with Gasteiger partial charge in [-0.3, -0.25) is 9.93 Å². The second-order valence-corrected chi connectivity index (χ2v) is 5.21. The van der Waals surface area contributed by atoms with Crippen molar-refractivity contribution in [1.82, 2.24) is 4.90 Å². The highest BCUT2D eigenvalue weighted by Crippen LogP contribution is 2.11. The molecule has 0 spiro atoms. The number of amides is 1. The Kier molecular flexibility index (Phi) is 18.5. The quantitative estimate of drug-likeness (QED) is 0.790. The lowest BCUT2D eigenvalue weighted by molar-refractivity contribution is -0.136. The average molecular weight is 307 g/mol. The molecule has 0 aliphatic carbocycles. The summed E-state index contributed by atoms with van der Waals surface area (Å²) in [6.45, 7) is 12.2. The molecule has 1 unspecified atom stereocenters. The van der Waals surface area contributed by atoms with E-state index in [0.29, 0.717) is 6.61 Å². The van der Waals surface area contributed by atoms with E-state index in [1.807, 2.05) is 18.7 Å². The predicted octanol–water partition coefficient (Wildman–Crippen LogP) is 3.45. The molecule has 1 atom stereocenters. The number of hydrogen-bond donors (Lipinski definition) is 1. The third-order valence-corrected chi connectivity index (χ3v) is 3.43. The van der Waals surface area contributed by atoms with Crippen molar-refractivity contribution in [3.8, 4) is 0 Å². The van der Waals surface area contributed by atoms with Crippen LogP contribution >= 0.6 is 11.9 Å². The summed E-state index contributed by atoms with van der Waals surface area (Å²) in [5.74, 6) is 1.25. The number of carbonyl (C=O) groups excluding carboxylic acids is 1. The number of rotatable bonds is 5. The lowest BCUT2D eigenvalue weighted by Gasteiger charge is -2.32. The Bertz CT molecular complexity index is 214. The third-order valence-electron chi connectivity index (χ3n) is 2.79. The smallest absolute Gasteiger partial charge is 0.219 e. The summed E-state index contributed by atoms with van der Waals surface area (Å²) < 4.78 is 5.57. The van der Waals surface area contributed by atoms with E-state index in [4.69, 9.17) is 9.88 Å². The van der Waals surface area contributed by atoms with Gasteiger partial charge in [-0.1, -0.05) is 52.5 Å². The molecule has 1 amide bonds. The summed E-state index contributed by atoms with van der Waals surface area (Å²) in [6.07, 6.45) is 4.93. The molecule has 0 aromatic heterocycles. The molecule has 1 saturated heterocycles. The average Bonchev–Trinajstić information content (AvgIpc) is 2.49. The molecule has 0 aromatic rings. The van der Waals surface area contributed by atoms with Crippen molar-refractivity contribution in [2.75, 3.05) is 25.4 Å². The van der Waals surface area contributed by atoms with Crippen molar-refractivity contribution < 1.29 is 9.53 Å². The Balaban J connectivity index is 0. The van der Waals surface area contributed by atoms with Crippen LogP contribution in [0.25, 0.3) is 0 Å². The van der Waals surface area contributed by atoms with Crippen molar-refractivity contribution >= 4 is 17.9 Å². The van der Waals surface area contributed by atoms with Gasteiger partial charge in [-0.25, -0.2) is 0 Å². The lowest BCUT2D eigenvalue weighted by atomic mass is 10.1. The van der Waals surface area contributed by atoms with Crippen molar-refractivity contribution in [3.63, 3.8) is 0 Å². The number of nitrogens with zero attached hydrogens (tertiary/aromatic N) is 1. The number of unbranched alkanes of at least 4 members (excludes halogenated alkanes) is 1. The zero-order valence-electron chi connectivity index (χ0n) is 14.0. The van der Waals surface area contributed by atoms with Gasteiger partial charge in [-0.05, 0) is 12.8 Å². The van der Waals surface area contributed by atoms with Gasteiger partial charge < -0.3 is 9.64 Å². The number of carbonyl (C=O) groups is 1. The number of nitrogens with two attached hydrogens (primary N) is 1. The fourth-order valence-electron chi connectivity index (χ4n) is 1.73. The molecular weight excluding hydrogens is 272 g/mol. The Hall–Kier alpha value is -0.260. The zero-order chi connectivity index (χ0) is 15.8. The molecule has 0 bridgehead atoms. The van der Waals surface area contributed by atoms with Gasteiger partial charge in [0.05, 0.1) is 12.7 Å². The first kappa shape index (κ1) is 22.0. The summed E-state index contributed by atoms with van der Waals surface area (Å²) >= 11 is 1.40. The molecule has 122 valence electrons. The van der Waals surface area contributed by atoms with Gasteiger partial charge in [-0.2, -0.15) is 0 Å². The van der Waals surface area contributed by atoms with E-state index in [2.05, 4.69) is 13.8 Å². The first-order valence-electron chi connectivity index (χ1n) is 7.84. The molecule has 2 N–H and O–H groups in total. The minimum atomic E-state index is 0.171. The van der Waals surface area contributed by atoms with Gasteiger partial charge in [0.15, 0.2) is 0 Å². The minimum Gasteiger partial charge on any atom is -0.375 e. The van der Waals surface area contributed by atoms with E-state index in [1.165, 1.54) is 31.2 Å². The van der Waals surface area contributed by atoms with Crippen LogP contribution in [0.4, 0.5) is 0 Å². The van der Waals surface area contributed by atoms with Crippen LogP contribution in [0.5, 0.6) is 0 Å². The molecule has 1 rings (SSSR count). The second-order valence-electron chi connectivity index (χ2n) is 4.47. The third kappa shape index (κ3) is 12.8. The first-order valence-corrected chi connectivity index (χ1v) is 8.89. The lowest BCUT2D eigenvalue weighted by Crippen LogP contribution is -2.44. The highest BCUT2D eigenvalue weighted by Gasteiger charge is 2.21. The van der Waals surface area contributed by atoms with Crippen molar-refractivity contribution in [2.45, 2.75) is 66.4 Å². The molecule has 1 aliphatic heterocycles. The minimum absolute atomic E-state index is 0.171. The number of ether oxygens (including phenoxy) is 1. The van der Waals surface area contributed by atoms with E-state index < -0.39 is 0 Å². The normalized spacial score (nSPS) is 17.5. The Labute approximate surface area is 129 Å². The van der Waals surface area contributed by atoms with E-state index in [-0.39, 0.29) is 12.0 Å². The second kappa shape index (κ2) is 16.8. The maximum atomic E-state index is 11.1. The van der Waals surface area contributed by atoms with Gasteiger partial charge >= 0.3 is 0 Å². The van der Waals surface area contributed by atoms with Gasteiger partial charge in [0, 0.05) is 25.8 Å². The monoisotopic (exact) mass is 306 g/mol. The van der Waals surface area contributed by atoms with Crippen LogP contribution in [0.1, 0.15) is 60.3 Å². The van der Waals surface area contributed by atoms with E-state index in [1.54, 1.807) is 6.92 Å². The summed E-state index contributed by atoms with van der Waals surface area (Å²) in [4.78, 5) is 13.0. The predicted molar refractivity (Wildman–Crippen MR) is 89.8 cm³/mol. The van der Waals surface area contributed by atoms with Gasteiger partial charge in [-0.15, -0.1) is 0 Å². The zero-order valence-corrected chi connectivity index (χ0v) is 14.8. The number of morpholine rings is 1. The highest BCUT2D eigenvalue weighted by molar-refractivity contribution is 7.97. The maximum Gasteiger partial charge on any atom is 0.219 e. The van der Waals surface area contributed by atoms with Crippen LogP contribution in [0.2, 0.25) is 0 Å². The van der Waals surface area contributed by atoms with E-state index >= 15 is 0 Å². The molecule has 0 saturated carbocycles. The Morgan fingerprint density at radius 2 is 2.00 bits per heavy atom. The SMILES string of the molecule is CC.CCCCC1CN(C(C)=O)CCO1.CCCSN. The molecule has 4 nitrogen and oxygen atoms in total. The van der Waals surface area contributed by atoms with Crippen molar-refractivity contribution in [1.29, 1.82) is 0 Å². The molecule has 0 radical (unpaired) electrons. The summed E-state index contributed by atoms with van der Waals surface area (Å²) in [6, 6.07) is 0. The fraction of sp³-hybridized carbons (Fsp3) is 0.933. The molecule has 0 aromatic carbocycles. The van der Waals surface area contributed by atoms with Crippen LogP contribution in [0, 0.1) is 0 Å². The summed E-state index contributed by atoms with van der Waals surface area (Å²) in [5, 5.41) is 5.06. The summed E-state index contributed by atoms with van der Waals surface area (Å²) in [5.41, 5.74) is 0. The maximum absolute atomic E-state index is 11.1. The van der Waals surface area contributed by atoms with Crippen molar-refractivity contribution in [3.05, 3.63) is 0 Å². The molecule has 1 aliphatic rings. The Morgan fingerprint density at radius 3 is 2.40 bits per heavy atom. The standard InChI is InChI=1S/C10H19NO2.C3H9NS.C2H6/c1-3-4-5-10-8-11(9(2)12)6-7-13-10;1-2-3-5-4;1-2/h10H,3-8H2,1-2H3;2-4H2,1H3;1-2H3. The van der Waals surface area contributed by atoms with Crippen LogP contribution in [0.15, 0.2) is 0 Å². The van der Waals surface area contributed by atoms with E-state index in [9.17, 15) is 4.79 Å². The molecule has 5 heteroatoms. The van der Waals surface area contributed by atoms with Gasteiger partial charge in [0.1, 0.15) is 0 Å². The first-order chi connectivity index (χ1) is 9.65. The Morgan fingerprint density at radius 1 is 1.35 bits per heavy atom. The number of hydrogen-bond acceptors (Lipinski definition) is 4. The fourth-order valence-corrected chi connectivity index (χ4v) is 1.97. The molecule has 1 heterocycles. The highest BCUT2D eigenvalue weighted by atomic mass is 32.2. The van der Waals surface area contributed by atoms with E-state index in [0.717, 1.165) is 25.3 Å². The molecule has 1 fully saturated rings. The summed E-state index contributed by atoms with van der Waals surface area (Å²) in [7, 11) is 0. The van der Waals surface area contributed by atoms with Crippen LogP contribution in [-0.2, 0) is 9.53 Å². The van der Waals surface area contributed by atoms with Crippen LogP contribution < -0.4 is 5.14 Å².